The molecule has 1 aliphatic carbocycles. The van der Waals surface area contributed by atoms with E-state index in [1.807, 2.05) is 0 Å². The number of hydrogen-bond donors (Lipinski definition) is 3. The lowest BCUT2D eigenvalue weighted by Gasteiger charge is -2.23. The van der Waals surface area contributed by atoms with Crippen molar-refractivity contribution in [2.24, 2.45) is 5.92 Å². The zero-order valence-electron chi connectivity index (χ0n) is 15.8. The molecule has 1 saturated carbocycles. The van der Waals surface area contributed by atoms with Gasteiger partial charge < -0.3 is 16.8 Å². The Labute approximate surface area is 181 Å². The highest BCUT2D eigenvalue weighted by Gasteiger charge is 2.36. The third-order valence-corrected chi connectivity index (χ3v) is 5.65. The van der Waals surface area contributed by atoms with Gasteiger partial charge in [-0.2, -0.15) is 15.2 Å². The second-order valence-corrected chi connectivity index (χ2v) is 7.84. The molecule has 11 heteroatoms. The maximum atomic E-state index is 13.3. The van der Waals surface area contributed by atoms with Crippen LogP contribution in [0.1, 0.15) is 31.1 Å². The Hall–Kier alpha value is -3.09. The fraction of sp³-hybridized carbons (Fsp3) is 0.316. The van der Waals surface area contributed by atoms with Crippen LogP contribution in [0.15, 0.2) is 23.0 Å². The number of fused-ring (bicyclic) bond motifs is 1. The zero-order valence-corrected chi connectivity index (χ0v) is 17.3. The van der Waals surface area contributed by atoms with E-state index in [1.54, 1.807) is 18.2 Å². The van der Waals surface area contributed by atoms with Crippen molar-refractivity contribution in [3.8, 4) is 6.07 Å². The maximum absolute atomic E-state index is 13.3. The average Bonchev–Trinajstić information content (AvgIpc) is 3.54. The highest BCUT2D eigenvalue weighted by atomic mass is 35.5. The van der Waals surface area contributed by atoms with Gasteiger partial charge in [-0.1, -0.05) is 29.3 Å². The van der Waals surface area contributed by atoms with E-state index in [4.69, 9.17) is 44.9 Å². The number of nitrogen functional groups attached to an aromatic ring is 2. The number of anilines is 3. The molecule has 0 unspecified atom stereocenters. The lowest BCUT2D eigenvalue weighted by Crippen LogP contribution is -2.30. The number of rotatable bonds is 6. The first kappa shape index (κ1) is 20.2. The van der Waals surface area contributed by atoms with Gasteiger partial charge in [-0.3, -0.25) is 9.36 Å². The molecule has 2 aromatic heterocycles. The van der Waals surface area contributed by atoms with Crippen molar-refractivity contribution >= 4 is 51.7 Å². The molecule has 4 rings (SSSR count). The van der Waals surface area contributed by atoms with Gasteiger partial charge >= 0.3 is 0 Å². The van der Waals surface area contributed by atoms with Crippen LogP contribution in [-0.4, -0.2) is 19.5 Å². The van der Waals surface area contributed by atoms with Crippen molar-refractivity contribution in [1.29, 1.82) is 5.26 Å². The van der Waals surface area contributed by atoms with Crippen molar-refractivity contribution in [2.75, 3.05) is 16.8 Å². The predicted octanol–water partition coefficient (Wildman–Crippen LogP) is 3.13. The van der Waals surface area contributed by atoms with E-state index in [0.29, 0.717) is 21.7 Å². The van der Waals surface area contributed by atoms with Crippen LogP contribution in [0.25, 0.3) is 10.9 Å². The first-order chi connectivity index (χ1) is 14.4. The van der Waals surface area contributed by atoms with Crippen LogP contribution in [0.2, 0.25) is 10.0 Å². The van der Waals surface area contributed by atoms with Gasteiger partial charge in [0.15, 0.2) is 5.82 Å². The van der Waals surface area contributed by atoms with Crippen molar-refractivity contribution in [3.63, 3.8) is 0 Å². The van der Waals surface area contributed by atoms with Gasteiger partial charge in [0, 0.05) is 6.54 Å². The molecule has 0 aliphatic heterocycles. The molecule has 0 saturated heterocycles. The molecule has 30 heavy (non-hydrogen) atoms. The molecular formula is C19H18Cl2N8O. The summed E-state index contributed by atoms with van der Waals surface area (Å²) in [6.07, 6.45) is 2.02. The molecule has 0 radical (unpaired) electrons. The molecule has 0 bridgehead atoms. The van der Waals surface area contributed by atoms with Crippen LogP contribution in [0.5, 0.6) is 0 Å². The molecule has 5 N–H and O–H groups in total. The van der Waals surface area contributed by atoms with Crippen LogP contribution < -0.4 is 22.3 Å². The van der Waals surface area contributed by atoms with Crippen LogP contribution >= 0.6 is 23.2 Å². The number of nitrogens with two attached hydrogens (primary N) is 2. The van der Waals surface area contributed by atoms with Gasteiger partial charge in [0.25, 0.3) is 5.56 Å². The Morgan fingerprint density at radius 1 is 1.27 bits per heavy atom. The van der Waals surface area contributed by atoms with Crippen LogP contribution in [-0.2, 0) is 6.54 Å². The highest BCUT2D eigenvalue weighted by Crippen LogP contribution is 2.43. The van der Waals surface area contributed by atoms with E-state index >= 15 is 0 Å². The Morgan fingerprint density at radius 2 is 2.03 bits per heavy atom. The number of aromatic nitrogens is 4. The maximum Gasteiger partial charge on any atom is 0.262 e. The molecule has 1 aromatic carbocycles. The van der Waals surface area contributed by atoms with Gasteiger partial charge in [0.2, 0.25) is 5.95 Å². The van der Waals surface area contributed by atoms with Gasteiger partial charge in [-0.15, -0.1) is 0 Å². The first-order valence-corrected chi connectivity index (χ1v) is 10.1. The second kappa shape index (κ2) is 7.97. The second-order valence-electron chi connectivity index (χ2n) is 7.06. The predicted molar refractivity (Wildman–Crippen MR) is 116 cm³/mol. The summed E-state index contributed by atoms with van der Waals surface area (Å²) >= 11 is 12.5. The minimum atomic E-state index is -0.383. The average molecular weight is 445 g/mol. The number of nitrogens with zero attached hydrogens (tertiary/aromatic N) is 5. The molecule has 9 nitrogen and oxygen atoms in total. The van der Waals surface area contributed by atoms with Crippen LogP contribution in [0.4, 0.5) is 17.6 Å². The quantitative estimate of drug-likeness (QED) is 0.524. The number of nitrogens with one attached hydrogen (secondary N) is 1. The minimum absolute atomic E-state index is 0.0194. The summed E-state index contributed by atoms with van der Waals surface area (Å²) in [5.74, 6) is 0.996. The van der Waals surface area contributed by atoms with E-state index < -0.39 is 0 Å². The summed E-state index contributed by atoms with van der Waals surface area (Å²) in [5.41, 5.74) is 11.7. The lowest BCUT2D eigenvalue weighted by atomic mass is 10.1. The fourth-order valence-corrected chi connectivity index (χ4v) is 3.79. The van der Waals surface area contributed by atoms with Crippen LogP contribution in [0.3, 0.4) is 0 Å². The molecule has 154 valence electrons. The Kier molecular flexibility index (Phi) is 5.37. The summed E-state index contributed by atoms with van der Waals surface area (Å²) < 4.78 is 1.50. The fourth-order valence-electron chi connectivity index (χ4n) is 3.40. The van der Waals surface area contributed by atoms with E-state index in [9.17, 15) is 4.79 Å². The molecular weight excluding hydrogens is 427 g/mol. The minimum Gasteiger partial charge on any atom is -0.382 e. The summed E-state index contributed by atoms with van der Waals surface area (Å²) in [6, 6.07) is 6.81. The van der Waals surface area contributed by atoms with E-state index in [2.05, 4.69) is 21.4 Å². The highest BCUT2D eigenvalue weighted by molar-refractivity contribution is 6.35. The van der Waals surface area contributed by atoms with Crippen molar-refractivity contribution in [1.82, 2.24) is 19.5 Å². The first-order valence-electron chi connectivity index (χ1n) is 9.31. The van der Waals surface area contributed by atoms with Gasteiger partial charge in [0.05, 0.1) is 34.5 Å². The molecule has 3 aromatic rings. The van der Waals surface area contributed by atoms with Crippen molar-refractivity contribution < 1.29 is 0 Å². The summed E-state index contributed by atoms with van der Waals surface area (Å²) in [6.45, 7) is 0.186. The van der Waals surface area contributed by atoms with E-state index in [1.165, 1.54) is 4.57 Å². The molecule has 0 spiro atoms. The lowest BCUT2D eigenvalue weighted by molar-refractivity contribution is 0.547. The third-order valence-electron chi connectivity index (χ3n) is 4.97. The summed E-state index contributed by atoms with van der Waals surface area (Å²) in [4.78, 5) is 26.0. The van der Waals surface area contributed by atoms with Gasteiger partial charge in [-0.25, -0.2) is 4.98 Å². The molecule has 1 atom stereocenters. The largest absolute Gasteiger partial charge is 0.382 e. The SMILES string of the molecule is N#CCCn1c([C@@H](Nc2nc(N)nc(N)c2Cl)C2CC2)nc2cccc(Cl)c2c1=O. The Morgan fingerprint density at radius 3 is 2.73 bits per heavy atom. The van der Waals surface area contributed by atoms with Crippen LogP contribution in [0, 0.1) is 17.2 Å². The van der Waals surface area contributed by atoms with E-state index in [0.717, 1.165) is 12.8 Å². The Balaban J connectivity index is 1.88. The zero-order chi connectivity index (χ0) is 21.4. The van der Waals surface area contributed by atoms with Crippen molar-refractivity contribution in [3.05, 3.63) is 44.4 Å². The van der Waals surface area contributed by atoms with E-state index in [-0.39, 0.29) is 53.1 Å². The smallest absolute Gasteiger partial charge is 0.262 e. The Bertz CT molecular complexity index is 1230. The van der Waals surface area contributed by atoms with Gasteiger partial charge in [0.1, 0.15) is 16.7 Å². The normalized spacial score (nSPS) is 14.4. The molecule has 1 fully saturated rings. The standard InChI is InChI=1S/C19H18Cl2N8O/c20-10-3-1-4-11-12(10)18(30)29(8-2-7-22)17(25-11)14(9-5-6-9)26-16-13(21)15(23)27-19(24)28-16/h1,3-4,9,14H,2,5-6,8H2,(H5,23,24,26,27,28)/t14-/m0/s1. The number of hydrogen-bond acceptors (Lipinski definition) is 8. The summed E-state index contributed by atoms with van der Waals surface area (Å²) in [7, 11) is 0. The third kappa shape index (κ3) is 3.72. The van der Waals surface area contributed by atoms with Crippen molar-refractivity contribution in [2.45, 2.75) is 31.8 Å². The number of halogens is 2. The topological polar surface area (TPSA) is 149 Å². The summed E-state index contributed by atoms with van der Waals surface area (Å²) in [5, 5.41) is 13.1. The molecule has 0 amide bonds. The number of benzene rings is 1. The molecule has 2 heterocycles. The number of nitriles is 1. The monoisotopic (exact) mass is 444 g/mol. The molecule has 1 aliphatic rings. The van der Waals surface area contributed by atoms with Gasteiger partial charge in [-0.05, 0) is 30.9 Å².